The Kier molecular flexibility index (Phi) is 8.14. The summed E-state index contributed by atoms with van der Waals surface area (Å²) >= 11 is 0. The van der Waals surface area contributed by atoms with Crippen LogP contribution in [0.3, 0.4) is 0 Å². The van der Waals surface area contributed by atoms with Crippen LogP contribution >= 0.6 is 0 Å². The van der Waals surface area contributed by atoms with E-state index in [0.717, 1.165) is 70.7 Å². The number of aliphatic imine (C=N–C) groups is 1. The minimum Gasteiger partial charge on any atom is -0.357 e. The molecule has 0 aromatic heterocycles. The summed E-state index contributed by atoms with van der Waals surface area (Å²) in [6.45, 7) is 6.70. The molecule has 0 bridgehead atoms. The molecule has 1 saturated heterocycles. The highest BCUT2D eigenvalue weighted by molar-refractivity contribution is 5.84. The molecule has 1 aromatic carbocycles. The van der Waals surface area contributed by atoms with Gasteiger partial charge in [-0.2, -0.15) is 0 Å². The minimum absolute atomic E-state index is 0.230. The normalized spacial score (nSPS) is 20.2. The van der Waals surface area contributed by atoms with Crippen molar-refractivity contribution in [3.63, 3.8) is 0 Å². The first-order chi connectivity index (χ1) is 14.5. The van der Waals surface area contributed by atoms with E-state index in [2.05, 4.69) is 52.8 Å². The zero-order valence-electron chi connectivity index (χ0n) is 19.0. The molecule has 2 fully saturated rings. The molecular formula is C24H39N5O. The summed E-state index contributed by atoms with van der Waals surface area (Å²) in [7, 11) is 3.72. The fourth-order valence-electron chi connectivity index (χ4n) is 4.79. The van der Waals surface area contributed by atoms with Gasteiger partial charge in [0.15, 0.2) is 5.96 Å². The summed E-state index contributed by atoms with van der Waals surface area (Å²) in [5, 5.41) is 7.03. The van der Waals surface area contributed by atoms with E-state index in [1.165, 1.54) is 5.56 Å². The molecule has 0 atom stereocenters. The third-order valence-corrected chi connectivity index (χ3v) is 6.48. The average molecular weight is 414 g/mol. The molecule has 1 aromatic rings. The number of rotatable bonds is 7. The van der Waals surface area contributed by atoms with Gasteiger partial charge >= 0.3 is 0 Å². The van der Waals surface area contributed by atoms with Gasteiger partial charge in [0.2, 0.25) is 5.91 Å². The number of nitrogens with one attached hydrogen (secondary N) is 2. The number of hydrogen-bond acceptors (Lipinski definition) is 3. The average Bonchev–Trinajstić information content (AvgIpc) is 3.24. The fraction of sp³-hybridized carbons (Fsp3) is 0.667. The Morgan fingerprint density at radius 1 is 1.17 bits per heavy atom. The number of benzene rings is 1. The van der Waals surface area contributed by atoms with Crippen molar-refractivity contribution in [3.8, 4) is 0 Å². The summed E-state index contributed by atoms with van der Waals surface area (Å²) < 4.78 is 0. The molecule has 6 heteroatoms. The van der Waals surface area contributed by atoms with Crippen molar-refractivity contribution in [1.29, 1.82) is 0 Å². The highest BCUT2D eigenvalue weighted by Crippen LogP contribution is 2.39. The Morgan fingerprint density at radius 3 is 2.43 bits per heavy atom. The van der Waals surface area contributed by atoms with Crippen LogP contribution in [0.5, 0.6) is 0 Å². The van der Waals surface area contributed by atoms with Crippen molar-refractivity contribution >= 4 is 11.9 Å². The third kappa shape index (κ3) is 5.97. The van der Waals surface area contributed by atoms with Gasteiger partial charge in [0, 0.05) is 46.3 Å². The summed E-state index contributed by atoms with van der Waals surface area (Å²) in [6, 6.07) is 11.1. The smallest absolute Gasteiger partial charge is 0.230 e. The van der Waals surface area contributed by atoms with Gasteiger partial charge in [-0.05, 0) is 38.2 Å². The zero-order valence-corrected chi connectivity index (χ0v) is 19.0. The van der Waals surface area contributed by atoms with Gasteiger partial charge in [-0.15, -0.1) is 0 Å². The van der Waals surface area contributed by atoms with E-state index in [4.69, 9.17) is 4.99 Å². The van der Waals surface area contributed by atoms with Crippen molar-refractivity contribution in [2.45, 2.75) is 58.0 Å². The molecule has 6 nitrogen and oxygen atoms in total. The second-order valence-electron chi connectivity index (χ2n) is 9.06. The lowest BCUT2D eigenvalue weighted by Crippen LogP contribution is -2.49. The van der Waals surface area contributed by atoms with E-state index in [-0.39, 0.29) is 11.3 Å². The van der Waals surface area contributed by atoms with E-state index < -0.39 is 0 Å². The van der Waals surface area contributed by atoms with Crippen LogP contribution in [-0.2, 0) is 11.3 Å². The number of carbonyl (C=O) groups is 1. The van der Waals surface area contributed by atoms with Gasteiger partial charge in [-0.25, -0.2) is 0 Å². The van der Waals surface area contributed by atoms with Gasteiger partial charge in [0.25, 0.3) is 0 Å². The second kappa shape index (κ2) is 10.8. The first kappa shape index (κ1) is 22.6. The Hall–Kier alpha value is -2.08. The number of carbonyl (C=O) groups excluding carboxylic acids is 1. The lowest BCUT2D eigenvalue weighted by Gasteiger charge is -2.33. The Labute approximate surface area is 182 Å². The molecule has 1 aliphatic carbocycles. The molecule has 3 rings (SSSR count). The third-order valence-electron chi connectivity index (χ3n) is 6.48. The molecule has 0 unspecified atom stereocenters. The molecule has 0 spiro atoms. The van der Waals surface area contributed by atoms with Gasteiger partial charge in [0.1, 0.15) is 0 Å². The number of nitrogens with zero attached hydrogens (tertiary/aromatic N) is 3. The van der Waals surface area contributed by atoms with Gasteiger partial charge in [-0.3, -0.25) is 14.7 Å². The lowest BCUT2D eigenvalue weighted by molar-refractivity contribution is -0.138. The largest absolute Gasteiger partial charge is 0.357 e. The Bertz CT molecular complexity index is 689. The van der Waals surface area contributed by atoms with Crippen LogP contribution in [0.15, 0.2) is 35.3 Å². The molecule has 0 radical (unpaired) electrons. The van der Waals surface area contributed by atoms with Crippen molar-refractivity contribution in [1.82, 2.24) is 20.4 Å². The van der Waals surface area contributed by atoms with Crippen molar-refractivity contribution < 1.29 is 4.79 Å². The van der Waals surface area contributed by atoms with Crippen LogP contribution < -0.4 is 10.6 Å². The molecule has 1 amide bonds. The van der Waals surface area contributed by atoms with E-state index in [1.54, 1.807) is 4.90 Å². The molecule has 30 heavy (non-hydrogen) atoms. The van der Waals surface area contributed by atoms with Gasteiger partial charge < -0.3 is 15.5 Å². The zero-order chi connectivity index (χ0) is 21.4. The van der Waals surface area contributed by atoms with E-state index >= 15 is 0 Å². The molecule has 2 N–H and O–H groups in total. The fourth-order valence-corrected chi connectivity index (χ4v) is 4.79. The van der Waals surface area contributed by atoms with Crippen LogP contribution in [0.4, 0.5) is 0 Å². The maximum absolute atomic E-state index is 12.8. The molecule has 1 aliphatic heterocycles. The summed E-state index contributed by atoms with van der Waals surface area (Å²) in [4.78, 5) is 22.0. The van der Waals surface area contributed by atoms with Crippen LogP contribution in [0.2, 0.25) is 0 Å². The maximum Gasteiger partial charge on any atom is 0.230 e. The highest BCUT2D eigenvalue weighted by Gasteiger charge is 2.42. The van der Waals surface area contributed by atoms with Gasteiger partial charge in [0.05, 0.1) is 12.0 Å². The summed E-state index contributed by atoms with van der Waals surface area (Å²) in [5.41, 5.74) is 1.07. The highest BCUT2D eigenvalue weighted by atomic mass is 16.2. The maximum atomic E-state index is 12.8. The van der Waals surface area contributed by atoms with Gasteiger partial charge in [-0.1, -0.05) is 43.2 Å². The predicted molar refractivity (Wildman–Crippen MR) is 123 cm³/mol. The minimum atomic E-state index is -0.315. The number of guanidine groups is 1. The van der Waals surface area contributed by atoms with E-state index in [9.17, 15) is 4.79 Å². The van der Waals surface area contributed by atoms with Crippen LogP contribution in [0.25, 0.3) is 0 Å². The molecule has 2 aliphatic rings. The lowest BCUT2D eigenvalue weighted by atomic mass is 9.85. The van der Waals surface area contributed by atoms with E-state index in [0.29, 0.717) is 12.6 Å². The van der Waals surface area contributed by atoms with Crippen molar-refractivity contribution in [3.05, 3.63) is 35.9 Å². The SMILES string of the molecule is CCNC(=NCC1(C(=O)N(C)C)CCCC1)NC1CCN(Cc2ccccc2)CC1. The van der Waals surface area contributed by atoms with Crippen LogP contribution in [-0.4, -0.2) is 68.0 Å². The van der Waals surface area contributed by atoms with Crippen LogP contribution in [0.1, 0.15) is 51.0 Å². The summed E-state index contributed by atoms with van der Waals surface area (Å²) in [5.74, 6) is 1.09. The molecule has 1 heterocycles. The number of likely N-dealkylation sites (tertiary alicyclic amines) is 1. The van der Waals surface area contributed by atoms with E-state index in [1.807, 2.05) is 14.1 Å². The standard InChI is InChI=1S/C24H39N5O/c1-4-25-23(26-19-24(14-8-9-15-24)22(30)28(2)3)27-21-12-16-29(17-13-21)18-20-10-6-5-7-11-20/h5-7,10-11,21H,4,8-9,12-19H2,1-3H3,(H2,25,26,27). The first-order valence-corrected chi connectivity index (χ1v) is 11.6. The molecular weight excluding hydrogens is 374 g/mol. The quantitative estimate of drug-likeness (QED) is 0.533. The Morgan fingerprint density at radius 2 is 1.83 bits per heavy atom. The van der Waals surface area contributed by atoms with Crippen molar-refractivity contribution in [2.24, 2.45) is 10.4 Å². The monoisotopic (exact) mass is 413 g/mol. The van der Waals surface area contributed by atoms with Crippen LogP contribution in [0, 0.1) is 5.41 Å². The first-order valence-electron chi connectivity index (χ1n) is 11.6. The summed E-state index contributed by atoms with van der Waals surface area (Å²) in [6.07, 6.45) is 6.37. The topological polar surface area (TPSA) is 60.0 Å². The molecule has 1 saturated carbocycles. The molecule has 166 valence electrons. The second-order valence-corrected chi connectivity index (χ2v) is 9.06. The number of hydrogen-bond donors (Lipinski definition) is 2. The Balaban J connectivity index is 1.54. The predicted octanol–water partition coefficient (Wildman–Crippen LogP) is 2.85. The van der Waals surface area contributed by atoms with Crippen molar-refractivity contribution in [2.75, 3.05) is 40.3 Å². The number of amides is 1. The number of piperidine rings is 1.